The molecular formula is C14H19NOS. The van der Waals surface area contributed by atoms with Gasteiger partial charge in [-0.2, -0.15) is 0 Å². The van der Waals surface area contributed by atoms with Gasteiger partial charge in [-0.05, 0) is 30.5 Å². The summed E-state index contributed by atoms with van der Waals surface area (Å²) in [4.78, 5) is 15.1. The molecule has 1 saturated heterocycles. The van der Waals surface area contributed by atoms with Gasteiger partial charge in [0.25, 0.3) is 0 Å². The molecule has 0 unspecified atom stereocenters. The minimum Gasteiger partial charge on any atom is -0.342 e. The van der Waals surface area contributed by atoms with Gasteiger partial charge in [0.1, 0.15) is 0 Å². The number of carbonyl (C=O) groups is 1. The van der Waals surface area contributed by atoms with Crippen molar-refractivity contribution in [1.82, 2.24) is 4.90 Å². The van der Waals surface area contributed by atoms with Gasteiger partial charge in [-0.3, -0.25) is 4.79 Å². The first-order chi connectivity index (χ1) is 8.25. The molecule has 1 aliphatic rings. The summed E-state index contributed by atoms with van der Waals surface area (Å²) < 4.78 is 0. The molecule has 17 heavy (non-hydrogen) atoms. The van der Waals surface area contributed by atoms with Crippen LogP contribution in [0, 0.1) is 0 Å². The smallest absolute Gasteiger partial charge is 0.226 e. The third-order valence-corrected chi connectivity index (χ3v) is 3.55. The van der Waals surface area contributed by atoms with E-state index >= 15 is 0 Å². The second-order valence-corrected chi connectivity index (χ2v) is 5.15. The summed E-state index contributed by atoms with van der Waals surface area (Å²) in [5.41, 5.74) is 1.08. The molecule has 0 aliphatic carbocycles. The number of amides is 1. The van der Waals surface area contributed by atoms with Crippen molar-refractivity contribution in [3.63, 3.8) is 0 Å². The topological polar surface area (TPSA) is 20.3 Å². The van der Waals surface area contributed by atoms with Crippen molar-refractivity contribution < 1.29 is 4.79 Å². The number of likely N-dealkylation sites (tertiary alicyclic amines) is 1. The molecule has 92 valence electrons. The van der Waals surface area contributed by atoms with Gasteiger partial charge in [0.05, 0.1) is 6.42 Å². The van der Waals surface area contributed by atoms with E-state index in [0.29, 0.717) is 6.42 Å². The van der Waals surface area contributed by atoms with Crippen LogP contribution in [0.5, 0.6) is 0 Å². The number of hydrogen-bond acceptors (Lipinski definition) is 2. The fourth-order valence-corrected chi connectivity index (χ4v) is 2.37. The highest BCUT2D eigenvalue weighted by Gasteiger charge is 2.15. The van der Waals surface area contributed by atoms with Crippen LogP contribution in [-0.4, -0.2) is 23.9 Å². The molecule has 1 aliphatic heterocycles. The van der Waals surface area contributed by atoms with Gasteiger partial charge in [0.15, 0.2) is 0 Å². The highest BCUT2D eigenvalue weighted by atomic mass is 32.1. The van der Waals surface area contributed by atoms with E-state index in [-0.39, 0.29) is 5.91 Å². The molecule has 1 heterocycles. The van der Waals surface area contributed by atoms with Crippen molar-refractivity contribution in [2.24, 2.45) is 0 Å². The SMILES string of the molecule is O=C(Cc1ccc(S)cc1)N1CCCCCC1. The Hall–Kier alpha value is -0.960. The molecule has 0 N–H and O–H groups in total. The molecule has 2 nitrogen and oxygen atoms in total. The first-order valence-corrected chi connectivity index (χ1v) is 6.76. The van der Waals surface area contributed by atoms with E-state index in [9.17, 15) is 4.79 Å². The highest BCUT2D eigenvalue weighted by molar-refractivity contribution is 7.80. The zero-order valence-electron chi connectivity index (χ0n) is 10.1. The molecule has 1 aromatic rings. The van der Waals surface area contributed by atoms with Gasteiger partial charge in [-0.25, -0.2) is 0 Å². The average Bonchev–Trinajstić information content (AvgIpc) is 2.61. The molecule has 1 aromatic carbocycles. The lowest BCUT2D eigenvalue weighted by atomic mass is 10.1. The van der Waals surface area contributed by atoms with Gasteiger partial charge in [0.2, 0.25) is 5.91 Å². The maximum absolute atomic E-state index is 12.1. The highest BCUT2D eigenvalue weighted by Crippen LogP contribution is 2.13. The zero-order valence-corrected chi connectivity index (χ0v) is 11.0. The van der Waals surface area contributed by atoms with E-state index in [1.165, 1.54) is 12.8 Å². The molecule has 0 atom stereocenters. The number of hydrogen-bond donors (Lipinski definition) is 1. The van der Waals surface area contributed by atoms with Crippen molar-refractivity contribution in [3.05, 3.63) is 29.8 Å². The van der Waals surface area contributed by atoms with E-state index < -0.39 is 0 Å². The number of carbonyl (C=O) groups excluding carboxylic acids is 1. The van der Waals surface area contributed by atoms with Gasteiger partial charge in [-0.1, -0.05) is 25.0 Å². The number of nitrogens with zero attached hydrogens (tertiary/aromatic N) is 1. The van der Waals surface area contributed by atoms with Crippen LogP contribution in [0.15, 0.2) is 29.2 Å². The number of rotatable bonds is 2. The van der Waals surface area contributed by atoms with Crippen molar-refractivity contribution >= 4 is 18.5 Å². The molecule has 0 bridgehead atoms. The zero-order chi connectivity index (χ0) is 12.1. The lowest BCUT2D eigenvalue weighted by molar-refractivity contribution is -0.130. The molecule has 2 rings (SSSR count). The largest absolute Gasteiger partial charge is 0.342 e. The molecule has 0 saturated carbocycles. The summed E-state index contributed by atoms with van der Waals surface area (Å²) in [5, 5.41) is 0. The quantitative estimate of drug-likeness (QED) is 0.799. The molecule has 1 fully saturated rings. The second-order valence-electron chi connectivity index (χ2n) is 4.64. The Labute approximate surface area is 108 Å². The van der Waals surface area contributed by atoms with Crippen molar-refractivity contribution in [1.29, 1.82) is 0 Å². The van der Waals surface area contributed by atoms with Gasteiger partial charge >= 0.3 is 0 Å². The van der Waals surface area contributed by atoms with E-state index in [0.717, 1.165) is 36.4 Å². The van der Waals surface area contributed by atoms with E-state index in [1.807, 2.05) is 29.2 Å². The predicted molar refractivity (Wildman–Crippen MR) is 72.4 cm³/mol. The van der Waals surface area contributed by atoms with Crippen molar-refractivity contribution in [2.75, 3.05) is 13.1 Å². The van der Waals surface area contributed by atoms with Gasteiger partial charge in [0, 0.05) is 18.0 Å². The predicted octanol–water partition coefficient (Wildman–Crippen LogP) is 2.92. The Bertz CT molecular complexity index is 366. The van der Waals surface area contributed by atoms with Crippen LogP contribution in [0.4, 0.5) is 0 Å². The van der Waals surface area contributed by atoms with E-state index in [2.05, 4.69) is 12.6 Å². The van der Waals surface area contributed by atoms with Crippen LogP contribution in [0.1, 0.15) is 31.2 Å². The van der Waals surface area contributed by atoms with Crippen LogP contribution in [-0.2, 0) is 11.2 Å². The number of thiol groups is 1. The Morgan fingerprint density at radius 3 is 2.24 bits per heavy atom. The summed E-state index contributed by atoms with van der Waals surface area (Å²) in [6, 6.07) is 7.85. The normalized spacial score (nSPS) is 16.6. The molecule has 0 spiro atoms. The number of benzene rings is 1. The molecule has 0 radical (unpaired) electrons. The molecular weight excluding hydrogens is 230 g/mol. The van der Waals surface area contributed by atoms with Crippen molar-refractivity contribution in [2.45, 2.75) is 37.0 Å². The standard InChI is InChI=1S/C14H19NOS/c16-14(15-9-3-1-2-4-10-15)11-12-5-7-13(17)8-6-12/h5-8,17H,1-4,9-11H2. The summed E-state index contributed by atoms with van der Waals surface area (Å²) in [6.45, 7) is 1.87. The van der Waals surface area contributed by atoms with Crippen LogP contribution in [0.2, 0.25) is 0 Å². The van der Waals surface area contributed by atoms with Crippen LogP contribution < -0.4 is 0 Å². The maximum atomic E-state index is 12.1. The summed E-state index contributed by atoms with van der Waals surface area (Å²) in [7, 11) is 0. The van der Waals surface area contributed by atoms with Crippen LogP contribution in [0.3, 0.4) is 0 Å². The maximum Gasteiger partial charge on any atom is 0.226 e. The Morgan fingerprint density at radius 2 is 1.65 bits per heavy atom. The fourth-order valence-electron chi connectivity index (χ4n) is 2.22. The van der Waals surface area contributed by atoms with E-state index in [1.54, 1.807) is 0 Å². The lowest BCUT2D eigenvalue weighted by Crippen LogP contribution is -2.33. The third-order valence-electron chi connectivity index (χ3n) is 3.25. The molecule has 0 aromatic heterocycles. The van der Waals surface area contributed by atoms with Crippen LogP contribution >= 0.6 is 12.6 Å². The molecule has 3 heteroatoms. The Balaban J connectivity index is 1.93. The lowest BCUT2D eigenvalue weighted by Gasteiger charge is -2.20. The first-order valence-electron chi connectivity index (χ1n) is 6.31. The first kappa shape index (κ1) is 12.5. The summed E-state index contributed by atoms with van der Waals surface area (Å²) in [5.74, 6) is 0.263. The Morgan fingerprint density at radius 1 is 1.06 bits per heavy atom. The second kappa shape index (κ2) is 6.10. The minimum atomic E-state index is 0.263. The molecule has 1 amide bonds. The van der Waals surface area contributed by atoms with Crippen molar-refractivity contribution in [3.8, 4) is 0 Å². The summed E-state index contributed by atoms with van der Waals surface area (Å²) >= 11 is 4.24. The average molecular weight is 249 g/mol. The van der Waals surface area contributed by atoms with Gasteiger partial charge in [-0.15, -0.1) is 12.6 Å². The monoisotopic (exact) mass is 249 g/mol. The minimum absolute atomic E-state index is 0.263. The Kier molecular flexibility index (Phi) is 4.49. The summed E-state index contributed by atoms with van der Waals surface area (Å²) in [6.07, 6.45) is 5.35. The van der Waals surface area contributed by atoms with Crippen LogP contribution in [0.25, 0.3) is 0 Å². The van der Waals surface area contributed by atoms with E-state index in [4.69, 9.17) is 0 Å². The third kappa shape index (κ3) is 3.77. The van der Waals surface area contributed by atoms with Gasteiger partial charge < -0.3 is 4.90 Å². The fraction of sp³-hybridized carbons (Fsp3) is 0.500.